The third-order valence-corrected chi connectivity index (χ3v) is 6.54. The Morgan fingerprint density at radius 2 is 1.72 bits per heavy atom. The van der Waals surface area contributed by atoms with E-state index in [1.165, 1.54) is 24.0 Å². The minimum atomic E-state index is 0.183. The first-order valence-electron chi connectivity index (χ1n) is 10.7. The second-order valence-corrected chi connectivity index (χ2v) is 8.47. The van der Waals surface area contributed by atoms with Crippen molar-refractivity contribution in [2.45, 2.75) is 63.2 Å². The molecule has 0 aromatic heterocycles. The van der Waals surface area contributed by atoms with Crippen LogP contribution in [0.25, 0.3) is 0 Å². The standard InChI is InChI=1S/C24H28N2O3/c27-24(11-7-17-4-2-1-3-5-17)25-19-13-20-8-9-21(14-19)26(20)15-18-6-10-22-23(12-18)29-16-28-22/h1-6,10,12,19-21H,7-9,11,13-16H2,(H,25,27)/t19?,20-,21+. The Balaban J connectivity index is 1.14. The molecular formula is C24H28N2O3. The van der Waals surface area contributed by atoms with Crippen molar-refractivity contribution in [3.05, 3.63) is 59.7 Å². The van der Waals surface area contributed by atoms with E-state index in [4.69, 9.17) is 9.47 Å². The average molecular weight is 392 g/mol. The topological polar surface area (TPSA) is 50.8 Å². The van der Waals surface area contributed by atoms with Gasteiger partial charge in [0, 0.05) is 31.1 Å². The minimum Gasteiger partial charge on any atom is -0.454 e. The fourth-order valence-electron chi connectivity index (χ4n) is 5.10. The monoisotopic (exact) mass is 392 g/mol. The number of rotatable bonds is 6. The van der Waals surface area contributed by atoms with Crippen LogP contribution in [0.5, 0.6) is 11.5 Å². The highest BCUT2D eigenvalue weighted by atomic mass is 16.7. The van der Waals surface area contributed by atoms with E-state index >= 15 is 0 Å². The molecule has 5 nitrogen and oxygen atoms in total. The van der Waals surface area contributed by atoms with Gasteiger partial charge in [0.1, 0.15) is 0 Å². The highest BCUT2D eigenvalue weighted by molar-refractivity contribution is 5.76. The van der Waals surface area contributed by atoms with Crippen molar-refractivity contribution < 1.29 is 14.3 Å². The van der Waals surface area contributed by atoms with E-state index in [0.717, 1.165) is 37.3 Å². The van der Waals surface area contributed by atoms with Gasteiger partial charge in [-0.05, 0) is 55.4 Å². The SMILES string of the molecule is O=C(CCc1ccccc1)NC1C[C@H]2CC[C@@H](C1)N2Cc1ccc2c(c1)OCO2. The maximum atomic E-state index is 12.4. The van der Waals surface area contributed by atoms with Gasteiger partial charge in [0.25, 0.3) is 0 Å². The van der Waals surface area contributed by atoms with Gasteiger partial charge in [-0.1, -0.05) is 36.4 Å². The Hall–Kier alpha value is -2.53. The highest BCUT2D eigenvalue weighted by Crippen LogP contribution is 2.38. The number of hydrogen-bond donors (Lipinski definition) is 1. The van der Waals surface area contributed by atoms with Crippen LogP contribution >= 0.6 is 0 Å². The molecule has 0 spiro atoms. The number of carbonyl (C=O) groups excluding carboxylic acids is 1. The molecule has 0 radical (unpaired) electrons. The van der Waals surface area contributed by atoms with Gasteiger partial charge in [-0.2, -0.15) is 0 Å². The highest BCUT2D eigenvalue weighted by Gasteiger charge is 2.40. The summed E-state index contributed by atoms with van der Waals surface area (Å²) < 4.78 is 10.9. The maximum Gasteiger partial charge on any atom is 0.231 e. The molecule has 2 bridgehead atoms. The predicted octanol–water partition coefficient (Wildman–Crippen LogP) is 3.66. The summed E-state index contributed by atoms with van der Waals surface area (Å²) in [5.41, 5.74) is 2.50. The molecule has 2 aromatic carbocycles. The largest absolute Gasteiger partial charge is 0.454 e. The predicted molar refractivity (Wildman–Crippen MR) is 111 cm³/mol. The number of piperidine rings is 1. The van der Waals surface area contributed by atoms with Crippen molar-refractivity contribution in [3.8, 4) is 11.5 Å². The van der Waals surface area contributed by atoms with Crippen molar-refractivity contribution in [2.24, 2.45) is 0 Å². The van der Waals surface area contributed by atoms with E-state index in [1.54, 1.807) is 0 Å². The van der Waals surface area contributed by atoms with Crippen LogP contribution in [0.2, 0.25) is 0 Å². The molecule has 5 rings (SSSR count). The molecule has 2 saturated heterocycles. The summed E-state index contributed by atoms with van der Waals surface area (Å²) in [5, 5.41) is 3.31. The Morgan fingerprint density at radius 3 is 2.52 bits per heavy atom. The first-order chi connectivity index (χ1) is 14.2. The molecule has 5 heteroatoms. The number of aryl methyl sites for hydroxylation is 1. The van der Waals surface area contributed by atoms with E-state index < -0.39 is 0 Å². The number of nitrogens with zero attached hydrogens (tertiary/aromatic N) is 1. The fraction of sp³-hybridized carbons (Fsp3) is 0.458. The molecule has 1 amide bonds. The van der Waals surface area contributed by atoms with Crippen molar-refractivity contribution in [1.82, 2.24) is 10.2 Å². The Bertz CT molecular complexity index is 856. The molecule has 29 heavy (non-hydrogen) atoms. The molecule has 2 fully saturated rings. The second kappa shape index (κ2) is 8.07. The number of fused-ring (bicyclic) bond motifs is 3. The van der Waals surface area contributed by atoms with Crippen LogP contribution in [-0.2, 0) is 17.8 Å². The van der Waals surface area contributed by atoms with E-state index in [0.29, 0.717) is 31.3 Å². The molecule has 3 aliphatic heterocycles. The molecule has 3 heterocycles. The average Bonchev–Trinajstić information content (AvgIpc) is 3.29. The third-order valence-electron chi connectivity index (χ3n) is 6.54. The van der Waals surface area contributed by atoms with Crippen molar-refractivity contribution in [2.75, 3.05) is 6.79 Å². The minimum absolute atomic E-state index is 0.183. The molecule has 1 N–H and O–H groups in total. The number of benzene rings is 2. The summed E-state index contributed by atoms with van der Waals surface area (Å²) in [7, 11) is 0. The molecular weight excluding hydrogens is 364 g/mol. The van der Waals surface area contributed by atoms with Gasteiger partial charge in [0.2, 0.25) is 12.7 Å². The van der Waals surface area contributed by atoms with Crippen molar-refractivity contribution in [1.29, 1.82) is 0 Å². The molecule has 2 aromatic rings. The number of nitrogens with one attached hydrogen (secondary N) is 1. The lowest BCUT2D eigenvalue weighted by Gasteiger charge is -2.39. The lowest BCUT2D eigenvalue weighted by molar-refractivity contribution is -0.122. The van der Waals surface area contributed by atoms with Gasteiger partial charge in [0.15, 0.2) is 11.5 Å². The van der Waals surface area contributed by atoms with Gasteiger partial charge in [-0.25, -0.2) is 0 Å². The van der Waals surface area contributed by atoms with Gasteiger partial charge < -0.3 is 14.8 Å². The van der Waals surface area contributed by atoms with Crippen molar-refractivity contribution >= 4 is 5.91 Å². The molecule has 0 aliphatic carbocycles. The maximum absolute atomic E-state index is 12.4. The van der Waals surface area contributed by atoms with Gasteiger partial charge >= 0.3 is 0 Å². The van der Waals surface area contributed by atoms with E-state index in [-0.39, 0.29) is 5.91 Å². The van der Waals surface area contributed by atoms with Crippen molar-refractivity contribution in [3.63, 3.8) is 0 Å². The molecule has 1 unspecified atom stereocenters. The Kier molecular flexibility index (Phi) is 5.15. The number of amides is 1. The second-order valence-electron chi connectivity index (χ2n) is 8.47. The molecule has 0 saturated carbocycles. The van der Waals surface area contributed by atoms with E-state index in [9.17, 15) is 4.79 Å². The van der Waals surface area contributed by atoms with Crippen LogP contribution in [0.3, 0.4) is 0 Å². The number of hydrogen-bond acceptors (Lipinski definition) is 4. The fourth-order valence-corrected chi connectivity index (χ4v) is 5.10. The summed E-state index contributed by atoms with van der Waals surface area (Å²) in [6.07, 6.45) is 5.94. The molecule has 3 aliphatic rings. The van der Waals surface area contributed by atoms with Gasteiger partial charge in [0.05, 0.1) is 0 Å². The van der Waals surface area contributed by atoms with Crippen LogP contribution in [0.15, 0.2) is 48.5 Å². The van der Waals surface area contributed by atoms with Crippen LogP contribution in [0.4, 0.5) is 0 Å². The van der Waals surface area contributed by atoms with Gasteiger partial charge in [-0.15, -0.1) is 0 Å². The zero-order valence-electron chi connectivity index (χ0n) is 16.7. The van der Waals surface area contributed by atoms with Crippen LogP contribution < -0.4 is 14.8 Å². The number of carbonyl (C=O) groups is 1. The summed E-state index contributed by atoms with van der Waals surface area (Å²) in [6, 6.07) is 17.9. The summed E-state index contributed by atoms with van der Waals surface area (Å²) in [4.78, 5) is 15.1. The van der Waals surface area contributed by atoms with Gasteiger partial charge in [-0.3, -0.25) is 9.69 Å². The molecule has 152 valence electrons. The first kappa shape index (κ1) is 18.5. The first-order valence-corrected chi connectivity index (χ1v) is 10.7. The summed E-state index contributed by atoms with van der Waals surface area (Å²) >= 11 is 0. The van der Waals surface area contributed by atoms with E-state index in [1.807, 2.05) is 24.3 Å². The number of ether oxygens (including phenoxy) is 2. The van der Waals surface area contributed by atoms with Crippen LogP contribution in [-0.4, -0.2) is 35.7 Å². The lowest BCUT2D eigenvalue weighted by Crippen LogP contribution is -2.50. The third kappa shape index (κ3) is 4.10. The summed E-state index contributed by atoms with van der Waals surface area (Å²) in [5.74, 6) is 1.88. The Morgan fingerprint density at radius 1 is 0.966 bits per heavy atom. The van der Waals surface area contributed by atoms with Crippen LogP contribution in [0, 0.1) is 0 Å². The Labute approximate surface area is 172 Å². The zero-order valence-corrected chi connectivity index (χ0v) is 16.7. The quantitative estimate of drug-likeness (QED) is 0.815. The van der Waals surface area contributed by atoms with E-state index in [2.05, 4.69) is 34.5 Å². The lowest BCUT2D eigenvalue weighted by atomic mass is 9.96. The smallest absolute Gasteiger partial charge is 0.231 e. The normalized spacial score (nSPS) is 25.2. The zero-order chi connectivity index (χ0) is 19.6. The molecule has 3 atom stereocenters. The summed E-state index contributed by atoms with van der Waals surface area (Å²) in [6.45, 7) is 1.26. The van der Waals surface area contributed by atoms with Crippen LogP contribution in [0.1, 0.15) is 43.2 Å².